The van der Waals surface area contributed by atoms with Crippen molar-refractivity contribution in [2.45, 2.75) is 18.9 Å². The number of rotatable bonds is 3. The van der Waals surface area contributed by atoms with Crippen molar-refractivity contribution in [2.24, 2.45) is 0 Å². The van der Waals surface area contributed by atoms with Crippen LogP contribution in [-0.4, -0.2) is 47.3 Å². The summed E-state index contributed by atoms with van der Waals surface area (Å²) in [5.74, 6) is 0.353. The normalized spacial score (nSPS) is 15.6. The van der Waals surface area contributed by atoms with Crippen molar-refractivity contribution < 1.29 is 19.6 Å². The van der Waals surface area contributed by atoms with E-state index in [1.807, 2.05) is 0 Å². The van der Waals surface area contributed by atoms with Crippen LogP contribution < -0.4 is 10.1 Å². The highest BCUT2D eigenvalue weighted by atomic mass is 16.6. The highest BCUT2D eigenvalue weighted by molar-refractivity contribution is 5.91. The summed E-state index contributed by atoms with van der Waals surface area (Å²) < 4.78 is 5.09. The number of hydrogen-bond acceptors (Lipinski definition) is 5. The van der Waals surface area contributed by atoms with Crippen LogP contribution in [0.2, 0.25) is 0 Å². The fourth-order valence-corrected chi connectivity index (χ4v) is 2.17. The van der Waals surface area contributed by atoms with E-state index < -0.39 is 4.92 Å². The molecule has 0 atom stereocenters. The van der Waals surface area contributed by atoms with E-state index in [-0.39, 0.29) is 23.5 Å². The van der Waals surface area contributed by atoms with Crippen molar-refractivity contribution in [1.82, 2.24) is 4.90 Å². The van der Waals surface area contributed by atoms with Crippen molar-refractivity contribution in [3.63, 3.8) is 0 Å². The van der Waals surface area contributed by atoms with Gasteiger partial charge in [0.1, 0.15) is 5.75 Å². The molecule has 0 bridgehead atoms. The quantitative estimate of drug-likeness (QED) is 0.651. The van der Waals surface area contributed by atoms with Crippen LogP contribution in [0, 0.1) is 10.1 Å². The number of carbonyl (C=O) groups excluding carboxylic acids is 1. The summed E-state index contributed by atoms with van der Waals surface area (Å²) in [5.41, 5.74) is 0.128. The van der Waals surface area contributed by atoms with Crippen molar-refractivity contribution in [1.29, 1.82) is 0 Å². The number of amides is 2. The molecular formula is C13H17N3O5. The molecule has 1 saturated heterocycles. The van der Waals surface area contributed by atoms with Gasteiger partial charge in [-0.3, -0.25) is 10.1 Å². The molecule has 1 aliphatic heterocycles. The third kappa shape index (κ3) is 3.60. The Labute approximate surface area is 121 Å². The van der Waals surface area contributed by atoms with Crippen LogP contribution in [0.15, 0.2) is 18.2 Å². The molecule has 1 heterocycles. The predicted octanol–water partition coefficient (Wildman–Crippen LogP) is 1.59. The number of likely N-dealkylation sites (tertiary alicyclic amines) is 1. The number of nitro benzene ring substituents is 1. The fraction of sp³-hybridized carbons (Fsp3) is 0.462. The standard InChI is InChI=1S/C13H17N3O5/c1-21-12-3-2-9(16(19)20)8-11(12)14-13(18)15-6-4-10(17)5-7-15/h2-3,8,10,17H,4-7H2,1H3,(H,14,18). The van der Waals surface area contributed by atoms with E-state index in [0.717, 1.165) is 0 Å². The van der Waals surface area contributed by atoms with Crippen LogP contribution in [0.4, 0.5) is 16.2 Å². The second-order valence-corrected chi connectivity index (χ2v) is 4.79. The van der Waals surface area contributed by atoms with Crippen LogP contribution in [-0.2, 0) is 0 Å². The molecule has 0 unspecified atom stereocenters. The number of piperidine rings is 1. The molecule has 0 aliphatic carbocycles. The van der Waals surface area contributed by atoms with Crippen LogP contribution in [0.3, 0.4) is 0 Å². The van der Waals surface area contributed by atoms with E-state index >= 15 is 0 Å². The molecule has 2 rings (SSSR count). The topological polar surface area (TPSA) is 105 Å². The van der Waals surface area contributed by atoms with Crippen LogP contribution in [0.25, 0.3) is 0 Å². The minimum Gasteiger partial charge on any atom is -0.495 e. The SMILES string of the molecule is COc1ccc([N+](=O)[O-])cc1NC(=O)N1CCC(O)CC1. The summed E-state index contributed by atoms with van der Waals surface area (Å²) >= 11 is 0. The number of nitro groups is 1. The highest BCUT2D eigenvalue weighted by Gasteiger charge is 2.22. The molecule has 114 valence electrons. The Morgan fingerprint density at radius 1 is 1.48 bits per heavy atom. The summed E-state index contributed by atoms with van der Waals surface area (Å²) in [6.45, 7) is 0.897. The summed E-state index contributed by atoms with van der Waals surface area (Å²) in [6.07, 6.45) is 0.681. The maximum absolute atomic E-state index is 12.1. The average Bonchev–Trinajstić information content (AvgIpc) is 2.47. The Balaban J connectivity index is 2.12. The zero-order valence-corrected chi connectivity index (χ0v) is 11.6. The van der Waals surface area contributed by atoms with Crippen molar-refractivity contribution >= 4 is 17.4 Å². The Hall–Kier alpha value is -2.35. The highest BCUT2D eigenvalue weighted by Crippen LogP contribution is 2.29. The maximum Gasteiger partial charge on any atom is 0.321 e. The summed E-state index contributed by atoms with van der Waals surface area (Å²) in [7, 11) is 1.42. The monoisotopic (exact) mass is 295 g/mol. The first kappa shape index (κ1) is 15.0. The second-order valence-electron chi connectivity index (χ2n) is 4.79. The fourth-order valence-electron chi connectivity index (χ4n) is 2.17. The molecule has 1 fully saturated rings. The van der Waals surface area contributed by atoms with Gasteiger partial charge in [0.15, 0.2) is 0 Å². The van der Waals surface area contributed by atoms with Gasteiger partial charge in [-0.25, -0.2) is 4.79 Å². The Bertz CT molecular complexity index is 541. The lowest BCUT2D eigenvalue weighted by atomic mass is 10.1. The predicted molar refractivity (Wildman–Crippen MR) is 75.5 cm³/mol. The van der Waals surface area contributed by atoms with Gasteiger partial charge in [-0.2, -0.15) is 0 Å². The van der Waals surface area contributed by atoms with E-state index in [1.165, 1.54) is 25.3 Å². The largest absolute Gasteiger partial charge is 0.495 e. The van der Waals surface area contributed by atoms with Crippen LogP contribution in [0.5, 0.6) is 5.75 Å². The molecule has 0 radical (unpaired) electrons. The minimum absolute atomic E-state index is 0.125. The number of carbonyl (C=O) groups is 1. The maximum atomic E-state index is 12.1. The van der Waals surface area contributed by atoms with E-state index in [9.17, 15) is 20.0 Å². The number of nitrogens with zero attached hydrogens (tertiary/aromatic N) is 2. The number of non-ortho nitro benzene ring substituents is 1. The molecule has 21 heavy (non-hydrogen) atoms. The lowest BCUT2D eigenvalue weighted by molar-refractivity contribution is -0.384. The van der Waals surface area contributed by atoms with Crippen molar-refractivity contribution in [3.05, 3.63) is 28.3 Å². The van der Waals surface area contributed by atoms with Gasteiger partial charge in [0.2, 0.25) is 0 Å². The molecule has 0 spiro atoms. The van der Waals surface area contributed by atoms with Gasteiger partial charge in [-0.1, -0.05) is 0 Å². The summed E-state index contributed by atoms with van der Waals surface area (Å²) in [4.78, 5) is 23.9. The van der Waals surface area contributed by atoms with Gasteiger partial charge in [0.05, 0.1) is 23.8 Å². The van der Waals surface area contributed by atoms with E-state index in [4.69, 9.17) is 4.74 Å². The number of anilines is 1. The van der Waals surface area contributed by atoms with Gasteiger partial charge in [-0.15, -0.1) is 0 Å². The molecule has 2 amide bonds. The number of urea groups is 1. The number of benzene rings is 1. The van der Waals surface area contributed by atoms with Gasteiger partial charge in [-0.05, 0) is 18.9 Å². The van der Waals surface area contributed by atoms with E-state index in [0.29, 0.717) is 31.7 Å². The van der Waals surface area contributed by atoms with E-state index in [1.54, 1.807) is 4.90 Å². The Morgan fingerprint density at radius 2 is 2.14 bits per heavy atom. The van der Waals surface area contributed by atoms with Gasteiger partial charge in [0.25, 0.3) is 5.69 Å². The first-order valence-electron chi connectivity index (χ1n) is 6.57. The smallest absolute Gasteiger partial charge is 0.321 e. The lowest BCUT2D eigenvalue weighted by Crippen LogP contribution is -2.42. The van der Waals surface area contributed by atoms with Gasteiger partial charge in [0, 0.05) is 25.2 Å². The third-order valence-electron chi connectivity index (χ3n) is 3.39. The van der Waals surface area contributed by atoms with Crippen LogP contribution in [0.1, 0.15) is 12.8 Å². The summed E-state index contributed by atoms with van der Waals surface area (Å²) in [5, 5.41) is 22.8. The number of aliphatic hydroxyl groups is 1. The zero-order chi connectivity index (χ0) is 15.4. The first-order valence-corrected chi connectivity index (χ1v) is 6.57. The average molecular weight is 295 g/mol. The molecule has 8 heteroatoms. The molecule has 1 aromatic rings. The number of nitrogens with one attached hydrogen (secondary N) is 1. The number of methoxy groups -OCH3 is 1. The molecule has 2 N–H and O–H groups in total. The second kappa shape index (κ2) is 6.40. The van der Waals surface area contributed by atoms with Crippen molar-refractivity contribution in [2.75, 3.05) is 25.5 Å². The van der Waals surface area contributed by atoms with Gasteiger partial charge < -0.3 is 20.1 Å². The van der Waals surface area contributed by atoms with Crippen molar-refractivity contribution in [3.8, 4) is 5.75 Å². The van der Waals surface area contributed by atoms with Gasteiger partial charge >= 0.3 is 6.03 Å². The molecule has 8 nitrogen and oxygen atoms in total. The number of aliphatic hydroxyl groups excluding tert-OH is 1. The minimum atomic E-state index is -0.535. The number of hydrogen-bond donors (Lipinski definition) is 2. The Kier molecular flexibility index (Phi) is 4.59. The molecule has 1 aliphatic rings. The third-order valence-corrected chi connectivity index (χ3v) is 3.39. The first-order chi connectivity index (χ1) is 10.0. The molecule has 1 aromatic carbocycles. The molecule has 0 aromatic heterocycles. The zero-order valence-electron chi connectivity index (χ0n) is 11.6. The molecular weight excluding hydrogens is 278 g/mol. The molecule has 0 saturated carbocycles. The lowest BCUT2D eigenvalue weighted by Gasteiger charge is -2.29. The number of ether oxygens (including phenoxy) is 1. The van der Waals surface area contributed by atoms with E-state index in [2.05, 4.69) is 5.32 Å². The summed E-state index contributed by atoms with van der Waals surface area (Å²) in [6, 6.07) is 3.65. The Morgan fingerprint density at radius 3 is 2.71 bits per heavy atom. The van der Waals surface area contributed by atoms with Crippen LogP contribution >= 0.6 is 0 Å².